The monoisotopic (exact) mass is 322 g/mol. The first-order valence-electron chi connectivity index (χ1n) is 7.69. The SMILES string of the molecule is CC(c1ccc(C(=O)O)cc1)c1c[nH]c(COc2ccccc2)n1. The third-order valence-corrected chi connectivity index (χ3v) is 3.87. The molecule has 0 bridgehead atoms. The van der Waals surface area contributed by atoms with Crippen LogP contribution in [0.25, 0.3) is 0 Å². The molecule has 0 saturated carbocycles. The Kier molecular flexibility index (Phi) is 4.61. The van der Waals surface area contributed by atoms with Gasteiger partial charge in [0.15, 0.2) is 0 Å². The Balaban J connectivity index is 1.66. The van der Waals surface area contributed by atoms with E-state index < -0.39 is 5.97 Å². The van der Waals surface area contributed by atoms with Crippen molar-refractivity contribution in [1.82, 2.24) is 9.97 Å². The van der Waals surface area contributed by atoms with E-state index in [0.29, 0.717) is 6.61 Å². The molecule has 1 heterocycles. The van der Waals surface area contributed by atoms with E-state index in [4.69, 9.17) is 9.84 Å². The van der Waals surface area contributed by atoms with Gasteiger partial charge in [-0.2, -0.15) is 0 Å². The normalized spacial score (nSPS) is 11.9. The van der Waals surface area contributed by atoms with Crippen LogP contribution in [-0.2, 0) is 6.61 Å². The fourth-order valence-corrected chi connectivity index (χ4v) is 2.43. The van der Waals surface area contributed by atoms with Crippen LogP contribution in [0.5, 0.6) is 5.75 Å². The van der Waals surface area contributed by atoms with Crippen molar-refractivity contribution < 1.29 is 14.6 Å². The van der Waals surface area contributed by atoms with Crippen molar-refractivity contribution in [2.75, 3.05) is 0 Å². The van der Waals surface area contributed by atoms with Crippen LogP contribution in [0.1, 0.15) is 40.3 Å². The molecule has 1 atom stereocenters. The smallest absolute Gasteiger partial charge is 0.335 e. The highest BCUT2D eigenvalue weighted by Gasteiger charge is 2.13. The number of aromatic carboxylic acids is 1. The maximum Gasteiger partial charge on any atom is 0.335 e. The topological polar surface area (TPSA) is 75.2 Å². The Morgan fingerprint density at radius 3 is 2.54 bits per heavy atom. The average Bonchev–Trinajstić information content (AvgIpc) is 3.09. The van der Waals surface area contributed by atoms with Crippen LogP contribution in [0, 0.1) is 0 Å². The predicted octanol–water partition coefficient (Wildman–Crippen LogP) is 3.84. The van der Waals surface area contributed by atoms with E-state index in [9.17, 15) is 4.79 Å². The summed E-state index contributed by atoms with van der Waals surface area (Å²) in [6.07, 6.45) is 1.86. The zero-order chi connectivity index (χ0) is 16.9. The molecule has 0 spiro atoms. The Morgan fingerprint density at radius 2 is 1.88 bits per heavy atom. The molecular formula is C19H18N2O3. The number of benzene rings is 2. The number of carbonyl (C=O) groups is 1. The number of nitrogens with one attached hydrogen (secondary N) is 1. The summed E-state index contributed by atoms with van der Waals surface area (Å²) in [6.45, 7) is 2.41. The number of ether oxygens (including phenoxy) is 1. The first-order valence-corrected chi connectivity index (χ1v) is 7.69. The number of imidazole rings is 1. The van der Waals surface area contributed by atoms with Gasteiger partial charge in [0.05, 0.1) is 11.3 Å². The van der Waals surface area contributed by atoms with E-state index in [2.05, 4.69) is 9.97 Å². The second-order valence-corrected chi connectivity index (χ2v) is 5.52. The average molecular weight is 322 g/mol. The second kappa shape index (κ2) is 7.00. The number of aromatic amines is 1. The van der Waals surface area contributed by atoms with Crippen molar-refractivity contribution >= 4 is 5.97 Å². The summed E-state index contributed by atoms with van der Waals surface area (Å²) in [4.78, 5) is 18.6. The van der Waals surface area contributed by atoms with Gasteiger partial charge >= 0.3 is 5.97 Å². The molecule has 0 radical (unpaired) electrons. The first kappa shape index (κ1) is 15.8. The molecule has 0 aliphatic carbocycles. The third-order valence-electron chi connectivity index (χ3n) is 3.87. The number of nitrogens with zero attached hydrogens (tertiary/aromatic N) is 1. The summed E-state index contributed by atoms with van der Waals surface area (Å²) in [5.74, 6) is 0.694. The largest absolute Gasteiger partial charge is 0.486 e. The van der Waals surface area contributed by atoms with Crippen molar-refractivity contribution in [1.29, 1.82) is 0 Å². The summed E-state index contributed by atoms with van der Waals surface area (Å²) in [5.41, 5.74) is 2.19. The quantitative estimate of drug-likeness (QED) is 0.723. The molecule has 2 aromatic carbocycles. The van der Waals surface area contributed by atoms with Gasteiger partial charge in [0.1, 0.15) is 18.2 Å². The highest BCUT2D eigenvalue weighted by atomic mass is 16.5. The van der Waals surface area contributed by atoms with Crippen LogP contribution < -0.4 is 4.74 Å². The van der Waals surface area contributed by atoms with Gasteiger partial charge in [-0.15, -0.1) is 0 Å². The molecule has 5 nitrogen and oxygen atoms in total. The van der Waals surface area contributed by atoms with E-state index in [1.807, 2.05) is 55.6 Å². The fourth-order valence-electron chi connectivity index (χ4n) is 2.43. The Labute approximate surface area is 140 Å². The molecule has 1 unspecified atom stereocenters. The van der Waals surface area contributed by atoms with Crippen LogP contribution in [0.4, 0.5) is 0 Å². The van der Waals surface area contributed by atoms with Crippen molar-refractivity contribution in [3.63, 3.8) is 0 Å². The summed E-state index contributed by atoms with van der Waals surface area (Å²) < 4.78 is 5.67. The Bertz CT molecular complexity index is 810. The fraction of sp³-hybridized carbons (Fsp3) is 0.158. The van der Waals surface area contributed by atoms with Crippen molar-refractivity contribution in [3.8, 4) is 5.75 Å². The van der Waals surface area contributed by atoms with E-state index >= 15 is 0 Å². The van der Waals surface area contributed by atoms with Crippen LogP contribution in [0.2, 0.25) is 0 Å². The minimum Gasteiger partial charge on any atom is -0.486 e. The van der Waals surface area contributed by atoms with E-state index in [1.54, 1.807) is 12.1 Å². The molecule has 3 rings (SSSR count). The number of hydrogen-bond donors (Lipinski definition) is 2. The van der Waals surface area contributed by atoms with Gasteiger partial charge in [-0.3, -0.25) is 0 Å². The summed E-state index contributed by atoms with van der Waals surface area (Å²) in [5, 5.41) is 8.96. The van der Waals surface area contributed by atoms with Gasteiger partial charge in [-0.25, -0.2) is 9.78 Å². The highest BCUT2D eigenvalue weighted by molar-refractivity contribution is 5.87. The molecule has 0 aliphatic rings. The van der Waals surface area contributed by atoms with Crippen molar-refractivity contribution in [2.24, 2.45) is 0 Å². The Morgan fingerprint density at radius 1 is 1.17 bits per heavy atom. The molecule has 5 heteroatoms. The maximum absolute atomic E-state index is 10.9. The second-order valence-electron chi connectivity index (χ2n) is 5.52. The molecular weight excluding hydrogens is 304 g/mol. The molecule has 24 heavy (non-hydrogen) atoms. The van der Waals surface area contributed by atoms with Gasteiger partial charge in [0.25, 0.3) is 0 Å². The number of aromatic nitrogens is 2. The standard InChI is InChI=1S/C19H18N2O3/c1-13(14-7-9-15(10-8-14)19(22)23)17-11-20-18(21-17)12-24-16-5-3-2-4-6-16/h2-11,13H,12H2,1H3,(H,20,21)(H,22,23). The van der Waals surface area contributed by atoms with Crippen molar-refractivity contribution in [2.45, 2.75) is 19.4 Å². The molecule has 0 fully saturated rings. The van der Waals surface area contributed by atoms with Gasteiger partial charge in [-0.05, 0) is 29.8 Å². The number of rotatable bonds is 6. The molecule has 2 N–H and O–H groups in total. The van der Waals surface area contributed by atoms with E-state index in [-0.39, 0.29) is 11.5 Å². The molecule has 122 valence electrons. The molecule has 3 aromatic rings. The van der Waals surface area contributed by atoms with Gasteiger partial charge in [-0.1, -0.05) is 37.3 Å². The van der Waals surface area contributed by atoms with Crippen LogP contribution >= 0.6 is 0 Å². The molecule has 0 aliphatic heterocycles. The van der Waals surface area contributed by atoms with Gasteiger partial charge in [0.2, 0.25) is 0 Å². The zero-order valence-corrected chi connectivity index (χ0v) is 13.3. The first-order chi connectivity index (χ1) is 11.6. The van der Waals surface area contributed by atoms with E-state index in [0.717, 1.165) is 22.8 Å². The minimum atomic E-state index is -0.922. The predicted molar refractivity (Wildman–Crippen MR) is 90.3 cm³/mol. The van der Waals surface area contributed by atoms with Crippen LogP contribution in [-0.4, -0.2) is 21.0 Å². The Hall–Kier alpha value is -3.08. The number of para-hydroxylation sites is 1. The lowest BCUT2D eigenvalue weighted by Crippen LogP contribution is -2.01. The molecule has 1 aromatic heterocycles. The molecule has 0 saturated heterocycles. The summed E-state index contributed by atoms with van der Waals surface area (Å²) in [7, 11) is 0. The highest BCUT2D eigenvalue weighted by Crippen LogP contribution is 2.23. The zero-order valence-electron chi connectivity index (χ0n) is 13.3. The number of hydrogen-bond acceptors (Lipinski definition) is 3. The van der Waals surface area contributed by atoms with E-state index in [1.165, 1.54) is 0 Å². The van der Waals surface area contributed by atoms with Crippen LogP contribution in [0.3, 0.4) is 0 Å². The lowest BCUT2D eigenvalue weighted by molar-refractivity contribution is 0.0697. The molecule has 0 amide bonds. The number of H-pyrrole nitrogens is 1. The summed E-state index contributed by atoms with van der Waals surface area (Å²) in [6, 6.07) is 16.5. The lowest BCUT2D eigenvalue weighted by Gasteiger charge is -2.09. The third kappa shape index (κ3) is 3.63. The minimum absolute atomic E-state index is 0.0644. The lowest BCUT2D eigenvalue weighted by atomic mass is 9.97. The number of carboxylic acid groups (broad SMARTS) is 1. The van der Waals surface area contributed by atoms with Gasteiger partial charge < -0.3 is 14.8 Å². The number of carboxylic acids is 1. The summed E-state index contributed by atoms with van der Waals surface area (Å²) >= 11 is 0. The van der Waals surface area contributed by atoms with Gasteiger partial charge in [0, 0.05) is 12.1 Å². The maximum atomic E-state index is 10.9. The van der Waals surface area contributed by atoms with Crippen molar-refractivity contribution in [3.05, 3.63) is 83.4 Å². The van der Waals surface area contributed by atoms with Crippen LogP contribution in [0.15, 0.2) is 60.8 Å².